The summed E-state index contributed by atoms with van der Waals surface area (Å²) in [6.07, 6.45) is -1.72. The van der Waals surface area contributed by atoms with Crippen LogP contribution in [-0.2, 0) is 10.3 Å². The lowest BCUT2D eigenvalue weighted by molar-refractivity contribution is -0.274. The summed E-state index contributed by atoms with van der Waals surface area (Å²) < 4.78 is 48.2. The van der Waals surface area contributed by atoms with E-state index < -0.39 is 23.6 Å². The number of hydrogen-bond donors (Lipinski definition) is 1. The Balaban J connectivity index is 1.95. The van der Waals surface area contributed by atoms with Crippen molar-refractivity contribution in [1.82, 2.24) is 4.90 Å². The molecule has 176 valence electrons. The van der Waals surface area contributed by atoms with Crippen molar-refractivity contribution in [2.45, 2.75) is 18.8 Å². The van der Waals surface area contributed by atoms with Crippen molar-refractivity contribution in [3.8, 4) is 17.2 Å². The van der Waals surface area contributed by atoms with Gasteiger partial charge in [-0.15, -0.1) is 13.2 Å². The van der Waals surface area contributed by atoms with Crippen molar-refractivity contribution in [1.29, 1.82) is 0 Å². The number of guanidine groups is 1. The first-order chi connectivity index (χ1) is 16.0. The van der Waals surface area contributed by atoms with E-state index in [0.29, 0.717) is 21.7 Å². The number of benzene rings is 2. The minimum Gasteiger partial charge on any atom is -0.456 e. The van der Waals surface area contributed by atoms with E-state index >= 15 is 0 Å². The molecule has 1 amide bonds. The second-order valence-corrected chi connectivity index (χ2v) is 8.16. The number of carbonyl (C=O) groups excluding carboxylic acids is 1. The lowest BCUT2D eigenvalue weighted by atomic mass is 9.79. The van der Waals surface area contributed by atoms with Crippen molar-refractivity contribution < 1.29 is 27.4 Å². The van der Waals surface area contributed by atoms with E-state index in [2.05, 4.69) is 21.4 Å². The molecule has 0 aliphatic carbocycles. The van der Waals surface area contributed by atoms with Gasteiger partial charge in [0.25, 0.3) is 5.91 Å². The van der Waals surface area contributed by atoms with Gasteiger partial charge in [-0.2, -0.15) is 0 Å². The van der Waals surface area contributed by atoms with Crippen LogP contribution in [0, 0.1) is 0 Å². The highest BCUT2D eigenvalue weighted by Gasteiger charge is 2.54. The van der Waals surface area contributed by atoms with Crippen molar-refractivity contribution >= 4 is 35.8 Å². The molecule has 7 nitrogen and oxygen atoms in total. The van der Waals surface area contributed by atoms with E-state index in [0.717, 1.165) is 12.1 Å². The summed E-state index contributed by atoms with van der Waals surface area (Å²) in [5, 5.41) is 0.486. The Bertz CT molecular complexity index is 1300. The number of ether oxygens (including phenoxy) is 2. The number of nitrogens with two attached hydrogens (primary N) is 1. The fourth-order valence-corrected chi connectivity index (χ4v) is 4.05. The van der Waals surface area contributed by atoms with Gasteiger partial charge in [0, 0.05) is 41.0 Å². The molecule has 2 aromatic rings. The van der Waals surface area contributed by atoms with Crippen LogP contribution in [0.1, 0.15) is 23.6 Å². The van der Waals surface area contributed by atoms with Crippen LogP contribution >= 0.6 is 11.6 Å². The molecule has 0 saturated carbocycles. The zero-order valence-electron chi connectivity index (χ0n) is 18.0. The lowest BCUT2D eigenvalue weighted by Gasteiger charge is -2.34. The maximum absolute atomic E-state index is 13.5. The van der Waals surface area contributed by atoms with Crippen molar-refractivity contribution in [2.24, 2.45) is 15.7 Å². The van der Waals surface area contributed by atoms with Crippen LogP contribution in [0.2, 0.25) is 0 Å². The third kappa shape index (κ3) is 3.90. The molecule has 34 heavy (non-hydrogen) atoms. The number of allylic oxidation sites excluding steroid dienone is 3. The van der Waals surface area contributed by atoms with Gasteiger partial charge in [0.15, 0.2) is 5.96 Å². The maximum Gasteiger partial charge on any atom is 0.573 e. The molecule has 0 radical (unpaired) electrons. The first-order valence-electron chi connectivity index (χ1n) is 9.82. The first kappa shape index (κ1) is 23.4. The SMILES string of the molecule is C=N/C=C(\C=C(/C)Cl)c1ccc2c(c1)C1(N=C(N)N(C)C1=O)c1ccc(OC(F)(F)F)cc1O2. The highest BCUT2D eigenvalue weighted by atomic mass is 35.5. The second-order valence-electron chi connectivity index (χ2n) is 7.56. The van der Waals surface area contributed by atoms with Gasteiger partial charge in [-0.25, -0.2) is 4.99 Å². The van der Waals surface area contributed by atoms with E-state index in [4.69, 9.17) is 22.1 Å². The molecule has 2 aliphatic rings. The van der Waals surface area contributed by atoms with Gasteiger partial charge in [-0.1, -0.05) is 17.7 Å². The number of fused-ring (bicyclic) bond motifs is 4. The minimum atomic E-state index is -4.89. The number of aliphatic imine (C=N–C) groups is 2. The number of amides is 1. The zero-order valence-corrected chi connectivity index (χ0v) is 18.7. The average molecular weight is 491 g/mol. The van der Waals surface area contributed by atoms with E-state index in [1.807, 2.05) is 0 Å². The van der Waals surface area contributed by atoms with Crippen LogP contribution in [0.25, 0.3) is 5.57 Å². The Hall–Kier alpha value is -3.79. The predicted molar refractivity (Wildman–Crippen MR) is 122 cm³/mol. The molecule has 2 heterocycles. The molecular weight excluding hydrogens is 473 g/mol. The largest absolute Gasteiger partial charge is 0.573 e. The Labute approximate surface area is 197 Å². The van der Waals surface area contributed by atoms with E-state index in [9.17, 15) is 18.0 Å². The highest BCUT2D eigenvalue weighted by molar-refractivity contribution is 6.29. The Morgan fingerprint density at radius 2 is 2.00 bits per heavy atom. The van der Waals surface area contributed by atoms with Gasteiger partial charge < -0.3 is 15.2 Å². The fourth-order valence-electron chi connectivity index (χ4n) is 3.93. The quantitative estimate of drug-likeness (QED) is 0.487. The molecule has 2 aliphatic heterocycles. The van der Waals surface area contributed by atoms with E-state index in [-0.39, 0.29) is 23.0 Å². The van der Waals surface area contributed by atoms with Crippen LogP contribution in [0.15, 0.2) is 63.7 Å². The molecule has 0 fully saturated rings. The number of rotatable bonds is 4. The molecule has 2 aromatic carbocycles. The summed E-state index contributed by atoms with van der Waals surface area (Å²) in [6.45, 7) is 5.17. The molecule has 1 atom stereocenters. The van der Waals surface area contributed by atoms with Crippen LogP contribution < -0.4 is 15.2 Å². The third-order valence-electron chi connectivity index (χ3n) is 5.32. The van der Waals surface area contributed by atoms with Crippen molar-refractivity contribution in [2.75, 3.05) is 7.05 Å². The smallest absolute Gasteiger partial charge is 0.456 e. The molecule has 11 heteroatoms. The molecule has 2 N–H and O–H groups in total. The number of hydrogen-bond acceptors (Lipinski definition) is 6. The monoisotopic (exact) mass is 490 g/mol. The number of carbonyl (C=O) groups is 1. The lowest BCUT2D eigenvalue weighted by Crippen LogP contribution is -2.42. The maximum atomic E-state index is 13.5. The number of alkyl halides is 3. The predicted octanol–water partition coefficient (Wildman–Crippen LogP) is 4.91. The van der Waals surface area contributed by atoms with Crippen molar-refractivity contribution in [3.05, 3.63) is 70.4 Å². The van der Waals surface area contributed by atoms with Gasteiger partial charge in [0.05, 0.1) is 0 Å². The number of nitrogens with zero attached hydrogens (tertiary/aromatic N) is 3. The molecule has 1 spiro atoms. The summed E-state index contributed by atoms with van der Waals surface area (Å²) in [5.74, 6) is -0.832. The summed E-state index contributed by atoms with van der Waals surface area (Å²) in [5.41, 5.74) is 6.14. The van der Waals surface area contributed by atoms with Gasteiger partial charge >= 0.3 is 6.36 Å². The van der Waals surface area contributed by atoms with Crippen LogP contribution in [0.4, 0.5) is 13.2 Å². The zero-order chi connectivity index (χ0) is 24.8. The molecule has 1 unspecified atom stereocenters. The standard InChI is InChI=1S/C23H18ClF3N4O3/c1-12(24)8-14(11-29-2)13-4-7-18-17(9-13)22(20(32)31(3)21(28)30-22)16-6-5-15(10-19(16)33-18)34-23(25,26)27/h4-11H,2H2,1,3H3,(H2,28,30)/b12-8+,14-11+. The minimum absolute atomic E-state index is 0.0118. The average Bonchev–Trinajstić information content (AvgIpc) is 2.96. The number of halogens is 4. The first-order valence-corrected chi connectivity index (χ1v) is 10.2. The Morgan fingerprint density at radius 3 is 2.59 bits per heavy atom. The van der Waals surface area contributed by atoms with E-state index in [1.54, 1.807) is 31.2 Å². The normalized spacial score (nSPS) is 20.0. The Morgan fingerprint density at radius 1 is 1.26 bits per heavy atom. The molecule has 0 saturated heterocycles. The van der Waals surface area contributed by atoms with Crippen LogP contribution in [0.5, 0.6) is 17.2 Å². The van der Waals surface area contributed by atoms with Crippen LogP contribution in [0.3, 0.4) is 0 Å². The molecule has 0 bridgehead atoms. The summed E-state index contributed by atoms with van der Waals surface area (Å²) >= 11 is 6.05. The summed E-state index contributed by atoms with van der Waals surface area (Å²) in [7, 11) is 1.46. The van der Waals surface area contributed by atoms with E-state index in [1.165, 1.54) is 24.2 Å². The second kappa shape index (κ2) is 8.21. The highest BCUT2D eigenvalue weighted by Crippen LogP contribution is 2.53. The summed E-state index contributed by atoms with van der Waals surface area (Å²) in [6, 6.07) is 8.42. The van der Waals surface area contributed by atoms with Gasteiger partial charge in [0.2, 0.25) is 5.54 Å². The summed E-state index contributed by atoms with van der Waals surface area (Å²) in [4.78, 5) is 23.0. The molecule has 4 rings (SSSR count). The fraction of sp³-hybridized carbons (Fsp3) is 0.174. The molecular formula is C23H18ClF3N4O3. The van der Waals surface area contributed by atoms with Crippen LogP contribution in [-0.4, -0.2) is 36.9 Å². The number of likely N-dealkylation sites (N-methyl/N-ethyl adjacent to an activating group) is 1. The van der Waals surface area contributed by atoms with Crippen molar-refractivity contribution in [3.63, 3.8) is 0 Å². The Kier molecular flexibility index (Phi) is 5.64. The van der Waals surface area contributed by atoms with Gasteiger partial charge in [-0.3, -0.25) is 14.7 Å². The topological polar surface area (TPSA) is 89.5 Å². The molecule has 0 aromatic heterocycles. The van der Waals surface area contributed by atoms with Gasteiger partial charge in [0.1, 0.15) is 17.2 Å². The third-order valence-corrected chi connectivity index (χ3v) is 5.43. The van der Waals surface area contributed by atoms with Gasteiger partial charge in [-0.05, 0) is 49.5 Å².